The van der Waals surface area contributed by atoms with Crippen LogP contribution >= 0.6 is 12.4 Å². The highest BCUT2D eigenvalue weighted by atomic mass is 35.5. The second-order valence-corrected chi connectivity index (χ2v) is 5.34. The maximum Gasteiger partial charge on any atom is 0.0500 e. The topological polar surface area (TPSA) is 51.2 Å². The molecule has 3 nitrogen and oxygen atoms in total. The molecule has 100 valence electrons. The highest BCUT2D eigenvalue weighted by molar-refractivity contribution is 5.85. The van der Waals surface area contributed by atoms with Crippen molar-refractivity contribution in [1.82, 2.24) is 4.57 Å². The molecular weight excluding hydrogens is 248 g/mol. The van der Waals surface area contributed by atoms with Crippen molar-refractivity contribution in [3.8, 4) is 0 Å². The van der Waals surface area contributed by atoms with Crippen LogP contribution in [0.3, 0.4) is 0 Å². The number of fused-ring (bicyclic) bond motifs is 1. The third-order valence-corrected chi connectivity index (χ3v) is 3.51. The molecule has 0 fully saturated rings. The number of hydrogen-bond acceptors (Lipinski definition) is 2. The van der Waals surface area contributed by atoms with Crippen molar-refractivity contribution in [2.24, 2.45) is 18.2 Å². The Labute approximate surface area is 114 Å². The van der Waals surface area contributed by atoms with E-state index in [-0.39, 0.29) is 30.5 Å². The molecule has 4 heteroatoms. The maximum atomic E-state index is 9.42. The first kappa shape index (κ1) is 15.0. The lowest BCUT2D eigenvalue weighted by Gasteiger charge is -2.29. The Hall–Kier alpha value is -1.03. The van der Waals surface area contributed by atoms with Gasteiger partial charge in [-0.3, -0.25) is 0 Å². The zero-order valence-electron chi connectivity index (χ0n) is 11.1. The zero-order valence-corrected chi connectivity index (χ0v) is 11.9. The lowest BCUT2D eigenvalue weighted by Crippen LogP contribution is -2.32. The summed E-state index contributed by atoms with van der Waals surface area (Å²) in [4.78, 5) is 0. The molecule has 0 radical (unpaired) electrons. The molecule has 2 rings (SSSR count). The van der Waals surface area contributed by atoms with Crippen molar-refractivity contribution in [2.45, 2.75) is 19.9 Å². The molecule has 1 heterocycles. The molecule has 3 N–H and O–H groups in total. The Balaban J connectivity index is 0.00000162. The van der Waals surface area contributed by atoms with Crippen LogP contribution in [-0.2, 0) is 7.05 Å². The van der Waals surface area contributed by atoms with Gasteiger partial charge in [-0.15, -0.1) is 12.4 Å². The first-order valence-electron chi connectivity index (χ1n) is 5.88. The van der Waals surface area contributed by atoms with Crippen molar-refractivity contribution in [1.29, 1.82) is 0 Å². The fourth-order valence-corrected chi connectivity index (χ4v) is 2.14. The number of aliphatic hydroxyl groups is 1. The monoisotopic (exact) mass is 268 g/mol. The minimum Gasteiger partial charge on any atom is -0.396 e. The van der Waals surface area contributed by atoms with E-state index in [1.165, 1.54) is 10.9 Å². The summed E-state index contributed by atoms with van der Waals surface area (Å²) in [6.07, 6.45) is 2.06. The predicted molar refractivity (Wildman–Crippen MR) is 78.0 cm³/mol. The van der Waals surface area contributed by atoms with Crippen LogP contribution in [0.15, 0.2) is 30.5 Å². The van der Waals surface area contributed by atoms with Gasteiger partial charge < -0.3 is 15.4 Å². The Morgan fingerprint density at radius 3 is 2.56 bits per heavy atom. The smallest absolute Gasteiger partial charge is 0.0500 e. The summed E-state index contributed by atoms with van der Waals surface area (Å²) in [5.41, 5.74) is 8.25. The van der Waals surface area contributed by atoms with E-state index in [1.807, 2.05) is 33.0 Å². The molecule has 0 spiro atoms. The third-order valence-electron chi connectivity index (χ3n) is 3.51. The van der Waals surface area contributed by atoms with Crippen LogP contribution in [0, 0.1) is 5.41 Å². The average Bonchev–Trinajstić information content (AvgIpc) is 2.66. The molecule has 1 aromatic heterocycles. The summed E-state index contributed by atoms with van der Waals surface area (Å²) in [6, 6.07) is 8.04. The largest absolute Gasteiger partial charge is 0.396 e. The molecule has 0 aliphatic heterocycles. The molecule has 0 amide bonds. The van der Waals surface area contributed by atoms with Crippen molar-refractivity contribution >= 4 is 23.3 Å². The predicted octanol–water partition coefficient (Wildman–Crippen LogP) is 2.62. The summed E-state index contributed by atoms with van der Waals surface area (Å²) in [5.74, 6) is 0. The Morgan fingerprint density at radius 1 is 1.33 bits per heavy atom. The number of nitrogens with zero attached hydrogens (tertiary/aromatic N) is 1. The number of hydrogen-bond donors (Lipinski definition) is 2. The SMILES string of the molecule is Cl.Cn1cc([C@@H](N)C(C)(C)CO)c2ccccc21. The van der Waals surface area contributed by atoms with Crippen molar-refractivity contribution < 1.29 is 5.11 Å². The van der Waals surface area contributed by atoms with Gasteiger partial charge in [-0.1, -0.05) is 32.0 Å². The summed E-state index contributed by atoms with van der Waals surface area (Å²) < 4.78 is 2.08. The molecule has 2 aromatic rings. The van der Waals surface area contributed by atoms with Crippen LogP contribution in [0.2, 0.25) is 0 Å². The van der Waals surface area contributed by atoms with Gasteiger partial charge in [0.15, 0.2) is 0 Å². The van der Waals surface area contributed by atoms with Gasteiger partial charge in [-0.2, -0.15) is 0 Å². The van der Waals surface area contributed by atoms with Gasteiger partial charge in [0, 0.05) is 42.2 Å². The molecule has 0 aliphatic rings. The summed E-state index contributed by atoms with van der Waals surface area (Å²) in [6.45, 7) is 4.05. The normalized spacial score (nSPS) is 13.4. The van der Waals surface area contributed by atoms with Gasteiger partial charge >= 0.3 is 0 Å². The van der Waals surface area contributed by atoms with E-state index in [1.54, 1.807) is 0 Å². The van der Waals surface area contributed by atoms with E-state index in [2.05, 4.69) is 22.9 Å². The number of aromatic nitrogens is 1. The molecule has 0 saturated heterocycles. The Bertz CT molecular complexity index is 534. The number of nitrogens with two attached hydrogens (primary N) is 1. The van der Waals surface area contributed by atoms with Crippen molar-refractivity contribution in [3.05, 3.63) is 36.0 Å². The van der Waals surface area contributed by atoms with Gasteiger partial charge in [0.05, 0.1) is 0 Å². The Kier molecular flexibility index (Phi) is 4.43. The quantitative estimate of drug-likeness (QED) is 0.899. The number of para-hydroxylation sites is 1. The highest BCUT2D eigenvalue weighted by Gasteiger charge is 2.29. The average molecular weight is 269 g/mol. The standard InChI is InChI=1S/C14H20N2O.ClH/c1-14(2,9-17)13(15)11-8-16(3)12-7-5-4-6-10(11)12;/h4-8,13,17H,9,15H2,1-3H3;1H/t13-;/m1./s1. The molecule has 1 aromatic carbocycles. The van der Waals surface area contributed by atoms with E-state index in [0.29, 0.717) is 0 Å². The first-order chi connectivity index (χ1) is 7.97. The van der Waals surface area contributed by atoms with E-state index in [0.717, 1.165) is 5.56 Å². The van der Waals surface area contributed by atoms with Crippen LogP contribution in [0.5, 0.6) is 0 Å². The molecule has 18 heavy (non-hydrogen) atoms. The van der Waals surface area contributed by atoms with Crippen LogP contribution in [0.4, 0.5) is 0 Å². The second kappa shape index (κ2) is 5.31. The number of rotatable bonds is 3. The van der Waals surface area contributed by atoms with Gasteiger partial charge in [0.1, 0.15) is 0 Å². The van der Waals surface area contributed by atoms with Crippen LogP contribution < -0.4 is 5.73 Å². The number of benzene rings is 1. The third kappa shape index (κ3) is 2.39. The van der Waals surface area contributed by atoms with Gasteiger partial charge in [-0.05, 0) is 11.6 Å². The number of aliphatic hydroxyl groups excluding tert-OH is 1. The minimum atomic E-state index is -0.315. The number of halogens is 1. The zero-order chi connectivity index (χ0) is 12.6. The highest BCUT2D eigenvalue weighted by Crippen LogP contribution is 2.35. The summed E-state index contributed by atoms with van der Waals surface area (Å²) >= 11 is 0. The van der Waals surface area contributed by atoms with Gasteiger partial charge in [0.2, 0.25) is 0 Å². The van der Waals surface area contributed by atoms with Crippen LogP contribution in [0.25, 0.3) is 10.9 Å². The molecule has 0 unspecified atom stereocenters. The second-order valence-electron chi connectivity index (χ2n) is 5.34. The summed E-state index contributed by atoms with van der Waals surface area (Å²) in [7, 11) is 2.02. The Morgan fingerprint density at radius 2 is 1.94 bits per heavy atom. The first-order valence-corrected chi connectivity index (χ1v) is 5.88. The lowest BCUT2D eigenvalue weighted by molar-refractivity contribution is 0.132. The van der Waals surface area contributed by atoms with Crippen LogP contribution in [0.1, 0.15) is 25.5 Å². The fraction of sp³-hybridized carbons (Fsp3) is 0.429. The molecule has 0 aliphatic carbocycles. The van der Waals surface area contributed by atoms with Gasteiger partial charge in [-0.25, -0.2) is 0 Å². The molecule has 1 atom stereocenters. The maximum absolute atomic E-state index is 9.42. The van der Waals surface area contributed by atoms with E-state index in [9.17, 15) is 5.11 Å². The molecular formula is C14H21ClN2O. The molecule has 0 bridgehead atoms. The fourth-order valence-electron chi connectivity index (χ4n) is 2.14. The van der Waals surface area contributed by atoms with Crippen LogP contribution in [-0.4, -0.2) is 16.3 Å². The lowest BCUT2D eigenvalue weighted by atomic mass is 9.82. The van der Waals surface area contributed by atoms with E-state index < -0.39 is 0 Å². The van der Waals surface area contributed by atoms with Crippen molar-refractivity contribution in [3.63, 3.8) is 0 Å². The van der Waals surface area contributed by atoms with E-state index >= 15 is 0 Å². The van der Waals surface area contributed by atoms with Crippen molar-refractivity contribution in [2.75, 3.05) is 6.61 Å². The number of aryl methyl sites for hydroxylation is 1. The van der Waals surface area contributed by atoms with E-state index in [4.69, 9.17) is 5.73 Å². The molecule has 0 saturated carbocycles. The minimum absolute atomic E-state index is 0. The summed E-state index contributed by atoms with van der Waals surface area (Å²) in [5, 5.41) is 10.6. The van der Waals surface area contributed by atoms with Gasteiger partial charge in [0.25, 0.3) is 0 Å².